The van der Waals surface area contributed by atoms with Crippen LogP contribution in [0.25, 0.3) is 44.2 Å². The van der Waals surface area contributed by atoms with Gasteiger partial charge in [0.05, 0.1) is 35.0 Å². The van der Waals surface area contributed by atoms with Crippen molar-refractivity contribution >= 4 is 21.8 Å². The Morgan fingerprint density at radius 1 is 0.750 bits per heavy atom. The van der Waals surface area contributed by atoms with Crippen LogP contribution in [0, 0.1) is 0 Å². The summed E-state index contributed by atoms with van der Waals surface area (Å²) in [5.41, 5.74) is 10.3. The fraction of sp³-hybridized carbons (Fsp3) is 0.333. The van der Waals surface area contributed by atoms with Crippen LogP contribution in [0.1, 0.15) is 60.5 Å². The van der Waals surface area contributed by atoms with E-state index in [2.05, 4.69) is 63.1 Å². The van der Waals surface area contributed by atoms with Gasteiger partial charge in [0.25, 0.3) is 0 Å². The summed E-state index contributed by atoms with van der Waals surface area (Å²) in [5.74, 6) is 2.15. The van der Waals surface area contributed by atoms with Gasteiger partial charge in [-0.25, -0.2) is 9.97 Å². The third-order valence-electron chi connectivity index (χ3n) is 8.52. The monoisotopic (exact) mass is 474 g/mol. The summed E-state index contributed by atoms with van der Waals surface area (Å²) in [7, 11) is 0. The number of nitrogens with one attached hydrogen (secondary N) is 4. The zero-order valence-corrected chi connectivity index (χ0v) is 20.3. The highest BCUT2D eigenvalue weighted by atomic mass is 15.0. The van der Waals surface area contributed by atoms with Gasteiger partial charge in [0, 0.05) is 10.9 Å². The number of aromatic nitrogens is 4. The fourth-order valence-electron chi connectivity index (χ4n) is 6.50. The average Bonchev–Trinajstić information content (AvgIpc) is 3.68. The maximum Gasteiger partial charge on any atom is 0.124 e. The lowest BCUT2D eigenvalue weighted by Gasteiger charge is -2.26. The van der Waals surface area contributed by atoms with Crippen molar-refractivity contribution in [2.75, 3.05) is 13.1 Å². The van der Waals surface area contributed by atoms with Gasteiger partial charge in [-0.1, -0.05) is 30.3 Å². The Hall–Kier alpha value is -3.48. The molecule has 180 valence electrons. The number of rotatable bonds is 4. The Morgan fingerprint density at radius 3 is 2.31 bits per heavy atom. The lowest BCUT2D eigenvalue weighted by molar-refractivity contribution is 0.613. The van der Waals surface area contributed by atoms with Crippen molar-refractivity contribution in [2.45, 2.75) is 50.6 Å². The van der Waals surface area contributed by atoms with E-state index < -0.39 is 0 Å². The minimum atomic E-state index is 0.351. The Kier molecular flexibility index (Phi) is 4.61. The highest BCUT2D eigenvalue weighted by Crippen LogP contribution is 2.41. The normalized spacial score (nSPS) is 21.3. The van der Waals surface area contributed by atoms with Crippen molar-refractivity contribution in [3.8, 4) is 22.4 Å². The Labute approximate surface area is 209 Å². The first-order chi connectivity index (χ1) is 17.8. The van der Waals surface area contributed by atoms with Gasteiger partial charge in [-0.2, -0.15) is 0 Å². The summed E-state index contributed by atoms with van der Waals surface area (Å²) in [6.45, 7) is 2.16. The molecule has 36 heavy (non-hydrogen) atoms. The first-order valence-electron chi connectivity index (χ1n) is 13.4. The van der Waals surface area contributed by atoms with Crippen molar-refractivity contribution in [3.05, 3.63) is 71.4 Å². The van der Waals surface area contributed by atoms with Crippen LogP contribution in [0.15, 0.2) is 48.7 Å². The van der Waals surface area contributed by atoms with Crippen LogP contribution in [-0.2, 0) is 12.8 Å². The number of aromatic amines is 2. The largest absolute Gasteiger partial charge is 0.341 e. The second-order valence-electron chi connectivity index (χ2n) is 10.6. The van der Waals surface area contributed by atoms with Gasteiger partial charge in [0.15, 0.2) is 0 Å². The number of hydrogen-bond donors (Lipinski definition) is 4. The Morgan fingerprint density at radius 2 is 1.53 bits per heavy atom. The lowest BCUT2D eigenvalue weighted by atomic mass is 9.79. The van der Waals surface area contributed by atoms with Crippen molar-refractivity contribution in [3.63, 3.8) is 0 Å². The van der Waals surface area contributed by atoms with Gasteiger partial charge in [0.2, 0.25) is 0 Å². The first kappa shape index (κ1) is 20.7. The molecule has 0 unspecified atom stereocenters. The van der Waals surface area contributed by atoms with Crippen LogP contribution < -0.4 is 10.6 Å². The van der Waals surface area contributed by atoms with Gasteiger partial charge in [-0.3, -0.25) is 0 Å². The second kappa shape index (κ2) is 8.02. The van der Waals surface area contributed by atoms with Crippen LogP contribution in [0.5, 0.6) is 0 Å². The molecule has 6 nitrogen and oxygen atoms in total. The molecule has 2 aromatic heterocycles. The van der Waals surface area contributed by atoms with Crippen molar-refractivity contribution in [2.24, 2.45) is 0 Å². The molecule has 2 fully saturated rings. The van der Waals surface area contributed by atoms with E-state index in [9.17, 15) is 0 Å². The molecule has 3 aliphatic rings. The predicted molar refractivity (Wildman–Crippen MR) is 144 cm³/mol. The van der Waals surface area contributed by atoms with E-state index in [1.54, 1.807) is 0 Å². The number of nitrogens with zero attached hydrogens (tertiary/aromatic N) is 2. The zero-order valence-electron chi connectivity index (χ0n) is 20.3. The van der Waals surface area contributed by atoms with E-state index >= 15 is 0 Å². The molecule has 0 spiro atoms. The van der Waals surface area contributed by atoms with E-state index in [-0.39, 0.29) is 0 Å². The molecule has 0 amide bonds. The summed E-state index contributed by atoms with van der Waals surface area (Å²) >= 11 is 0. The van der Waals surface area contributed by atoms with Crippen molar-refractivity contribution in [1.82, 2.24) is 30.6 Å². The summed E-state index contributed by atoms with van der Waals surface area (Å²) in [5, 5.41) is 9.57. The molecule has 4 N–H and O–H groups in total. The molecular formula is C30H30N6. The van der Waals surface area contributed by atoms with E-state index in [0.717, 1.165) is 67.1 Å². The van der Waals surface area contributed by atoms with E-state index in [4.69, 9.17) is 9.97 Å². The highest BCUT2D eigenvalue weighted by molar-refractivity contribution is 6.05. The first-order valence-corrected chi connectivity index (χ1v) is 13.4. The molecule has 0 radical (unpaired) electrons. The summed E-state index contributed by atoms with van der Waals surface area (Å²) in [6.07, 6.45) is 9.04. The minimum Gasteiger partial charge on any atom is -0.341 e. The zero-order chi connectivity index (χ0) is 23.6. The third kappa shape index (κ3) is 3.18. The third-order valence-corrected chi connectivity index (χ3v) is 8.52. The summed E-state index contributed by atoms with van der Waals surface area (Å²) < 4.78 is 0. The van der Waals surface area contributed by atoms with Crippen molar-refractivity contribution in [1.29, 1.82) is 0 Å². The molecule has 0 bridgehead atoms. The summed E-state index contributed by atoms with van der Waals surface area (Å²) in [4.78, 5) is 16.9. The quantitative estimate of drug-likeness (QED) is 0.269. The molecule has 6 heteroatoms. The SMILES string of the molecule is c1cc2c(ccc3[nH]c([C@@H]4CCCN4)nc32)cc1-c1ccc(-c2cnc([C@@H]3CCCN3)[nH]2)c2c1CC2. The summed E-state index contributed by atoms with van der Waals surface area (Å²) in [6, 6.07) is 16.6. The Bertz CT molecular complexity index is 1610. The van der Waals surface area contributed by atoms with Crippen LogP contribution in [-0.4, -0.2) is 33.0 Å². The molecule has 2 aliphatic heterocycles. The van der Waals surface area contributed by atoms with Crippen LogP contribution in [0.3, 0.4) is 0 Å². The van der Waals surface area contributed by atoms with Crippen LogP contribution >= 0.6 is 0 Å². The topological polar surface area (TPSA) is 81.4 Å². The molecule has 3 aromatic carbocycles. The van der Waals surface area contributed by atoms with Crippen molar-refractivity contribution < 1.29 is 0 Å². The molecule has 2 atom stereocenters. The molecule has 8 rings (SSSR count). The number of benzene rings is 3. The standard InChI is InChI=1S/C30H30N6/c1-3-25(31-13-1)29-33-16-27(35-29)23-11-8-19(21-9-10-22(21)23)17-5-7-20-18(15-17)6-12-24-28(20)36-30(34-24)26-4-2-14-32-26/h5-8,11-12,15-16,25-26,31-32H,1-4,9-10,13-14H2,(H,33,35)(H,34,36)/t25-,26-/m0/s1. The number of fused-ring (bicyclic) bond motifs is 4. The Balaban J connectivity index is 1.15. The average molecular weight is 475 g/mol. The fourth-order valence-corrected chi connectivity index (χ4v) is 6.50. The number of imidazole rings is 2. The van der Waals surface area contributed by atoms with Gasteiger partial charge in [0.1, 0.15) is 11.6 Å². The molecule has 0 saturated carbocycles. The van der Waals surface area contributed by atoms with Gasteiger partial charge >= 0.3 is 0 Å². The number of hydrogen-bond acceptors (Lipinski definition) is 4. The lowest BCUT2D eigenvalue weighted by Crippen LogP contribution is -2.14. The molecule has 4 heterocycles. The molecule has 1 aliphatic carbocycles. The smallest absolute Gasteiger partial charge is 0.124 e. The predicted octanol–water partition coefficient (Wildman–Crippen LogP) is 5.72. The van der Waals surface area contributed by atoms with E-state index in [0.29, 0.717) is 12.1 Å². The van der Waals surface area contributed by atoms with Crippen LogP contribution in [0.4, 0.5) is 0 Å². The van der Waals surface area contributed by atoms with E-state index in [1.807, 2.05) is 6.20 Å². The highest BCUT2D eigenvalue weighted by Gasteiger charge is 2.25. The molecule has 5 aromatic rings. The molecular weight excluding hydrogens is 444 g/mol. The number of H-pyrrole nitrogens is 2. The van der Waals surface area contributed by atoms with Gasteiger partial charge in [-0.05, 0) is 91.4 Å². The maximum atomic E-state index is 5.01. The minimum absolute atomic E-state index is 0.351. The second-order valence-corrected chi connectivity index (χ2v) is 10.6. The van der Waals surface area contributed by atoms with Gasteiger partial charge < -0.3 is 20.6 Å². The molecule has 2 saturated heterocycles. The van der Waals surface area contributed by atoms with E-state index in [1.165, 1.54) is 51.4 Å². The van der Waals surface area contributed by atoms with Gasteiger partial charge in [-0.15, -0.1) is 0 Å². The maximum absolute atomic E-state index is 5.01. The van der Waals surface area contributed by atoms with Crippen LogP contribution in [0.2, 0.25) is 0 Å².